The molecule has 0 fully saturated rings. The van der Waals surface area contributed by atoms with Gasteiger partial charge >= 0.3 is 24.0 Å². The van der Waals surface area contributed by atoms with Crippen LogP contribution in [0.1, 0.15) is 32.6 Å². The molecule has 0 saturated carbocycles. The molecule has 11 heteroatoms. The Morgan fingerprint density at radius 2 is 1.79 bits per heavy atom. The van der Waals surface area contributed by atoms with Gasteiger partial charge in [0, 0.05) is 5.56 Å². The van der Waals surface area contributed by atoms with E-state index in [1.165, 1.54) is 43.5 Å². The van der Waals surface area contributed by atoms with Crippen molar-refractivity contribution in [3.05, 3.63) is 59.4 Å². The number of hydrogen-bond donors (Lipinski definition) is 0. The lowest BCUT2D eigenvalue weighted by molar-refractivity contribution is -0.159. The van der Waals surface area contributed by atoms with Crippen molar-refractivity contribution in [2.45, 2.75) is 12.8 Å². The summed E-state index contributed by atoms with van der Waals surface area (Å²) in [5.74, 6) is -2.89. The number of methoxy groups -OCH3 is 1. The fourth-order valence-corrected chi connectivity index (χ4v) is 2.10. The Balaban J connectivity index is 1.63. The molecule has 3 aromatic rings. The van der Waals surface area contributed by atoms with Gasteiger partial charge in [-0.15, -0.1) is 0 Å². The van der Waals surface area contributed by atoms with Crippen molar-refractivity contribution >= 4 is 11.9 Å². The van der Waals surface area contributed by atoms with Crippen molar-refractivity contribution in [1.82, 2.24) is 10.1 Å². The second-order valence-electron chi connectivity index (χ2n) is 5.33. The van der Waals surface area contributed by atoms with Crippen molar-refractivity contribution in [3.8, 4) is 11.4 Å². The van der Waals surface area contributed by atoms with E-state index in [0.717, 1.165) is 0 Å². The Bertz CT molecular complexity index is 991. The predicted molar refractivity (Wildman–Crippen MR) is 83.9 cm³/mol. The van der Waals surface area contributed by atoms with Crippen LogP contribution in [0, 0.1) is 0 Å². The maximum Gasteiger partial charge on any atom is 0.471 e. The lowest BCUT2D eigenvalue weighted by atomic mass is 10.1. The smallest absolute Gasteiger partial charge is 0.463 e. The third-order valence-corrected chi connectivity index (χ3v) is 3.44. The van der Waals surface area contributed by atoms with Gasteiger partial charge in [0.05, 0.1) is 12.7 Å². The molecule has 0 aliphatic rings. The van der Waals surface area contributed by atoms with Crippen LogP contribution in [0.15, 0.2) is 45.3 Å². The van der Waals surface area contributed by atoms with Crippen LogP contribution in [0.3, 0.4) is 0 Å². The van der Waals surface area contributed by atoms with Gasteiger partial charge in [0.2, 0.25) is 11.6 Å². The molecule has 0 unspecified atom stereocenters. The van der Waals surface area contributed by atoms with E-state index in [1.807, 2.05) is 0 Å². The summed E-state index contributed by atoms with van der Waals surface area (Å²) in [4.78, 5) is 26.6. The van der Waals surface area contributed by atoms with E-state index in [2.05, 4.69) is 19.4 Å². The van der Waals surface area contributed by atoms with Crippen LogP contribution in [0.4, 0.5) is 13.2 Å². The van der Waals surface area contributed by atoms with Crippen molar-refractivity contribution in [3.63, 3.8) is 0 Å². The van der Waals surface area contributed by atoms with E-state index in [0.29, 0.717) is 0 Å². The number of alkyl halides is 3. The Morgan fingerprint density at radius 1 is 1.07 bits per heavy atom. The number of ether oxygens (including phenoxy) is 2. The highest BCUT2D eigenvalue weighted by molar-refractivity contribution is 5.90. The Kier molecular flexibility index (Phi) is 5.16. The van der Waals surface area contributed by atoms with Gasteiger partial charge in [-0.2, -0.15) is 18.2 Å². The average Bonchev–Trinajstić information content (AvgIpc) is 3.35. The molecule has 0 saturated heterocycles. The van der Waals surface area contributed by atoms with E-state index >= 15 is 0 Å². The molecule has 0 radical (unpaired) electrons. The van der Waals surface area contributed by atoms with Crippen molar-refractivity contribution in [1.29, 1.82) is 0 Å². The standard InChI is InChI=1S/C17H11F3N2O6/c1-25-15(24)12-7-6-11(27-12)8-26-14(23)10-4-2-9(3-5-10)13-21-16(28-22-13)17(18,19)20/h2-7H,8H2,1H3. The van der Waals surface area contributed by atoms with Crippen LogP contribution in [0.25, 0.3) is 11.4 Å². The van der Waals surface area contributed by atoms with E-state index in [9.17, 15) is 22.8 Å². The lowest BCUT2D eigenvalue weighted by Gasteiger charge is -2.03. The number of hydrogen-bond acceptors (Lipinski definition) is 8. The van der Waals surface area contributed by atoms with Crippen molar-refractivity contribution in [2.24, 2.45) is 0 Å². The van der Waals surface area contributed by atoms with E-state index in [-0.39, 0.29) is 35.1 Å². The minimum Gasteiger partial charge on any atom is -0.463 e. The van der Waals surface area contributed by atoms with Gasteiger partial charge in [0.15, 0.2) is 0 Å². The summed E-state index contributed by atoms with van der Waals surface area (Å²) in [6.07, 6.45) is -4.74. The minimum absolute atomic E-state index is 0.0313. The average molecular weight is 396 g/mol. The zero-order valence-electron chi connectivity index (χ0n) is 14.1. The molecule has 0 bridgehead atoms. The number of benzene rings is 1. The summed E-state index contributed by atoms with van der Waals surface area (Å²) in [7, 11) is 1.20. The van der Waals surface area contributed by atoms with Gasteiger partial charge in [0.1, 0.15) is 12.4 Å². The maximum absolute atomic E-state index is 12.5. The molecular formula is C17H11F3N2O6. The first kappa shape index (κ1) is 19.1. The Morgan fingerprint density at radius 3 is 2.39 bits per heavy atom. The molecular weight excluding hydrogens is 385 g/mol. The zero-order chi connectivity index (χ0) is 20.3. The van der Waals surface area contributed by atoms with Gasteiger partial charge in [-0.05, 0) is 24.3 Å². The molecule has 8 nitrogen and oxygen atoms in total. The highest BCUT2D eigenvalue weighted by atomic mass is 19.4. The Labute approximate surface area is 154 Å². The number of rotatable bonds is 5. The Hall–Kier alpha value is -3.63. The fourth-order valence-electron chi connectivity index (χ4n) is 2.10. The number of carbonyl (C=O) groups is 2. The van der Waals surface area contributed by atoms with E-state index < -0.39 is 24.0 Å². The predicted octanol–water partition coefficient (Wildman–Crippen LogP) is 3.49. The van der Waals surface area contributed by atoms with E-state index in [1.54, 1.807) is 0 Å². The summed E-state index contributed by atoms with van der Waals surface area (Å²) in [5.41, 5.74) is 0.368. The number of carbonyl (C=O) groups excluding carboxylic acids is 2. The van der Waals surface area contributed by atoms with Crippen LogP contribution < -0.4 is 0 Å². The van der Waals surface area contributed by atoms with E-state index in [4.69, 9.17) is 9.15 Å². The molecule has 146 valence electrons. The summed E-state index contributed by atoms with van der Waals surface area (Å²) in [6.45, 7) is -0.225. The number of furan rings is 1. The zero-order valence-corrected chi connectivity index (χ0v) is 14.1. The highest BCUT2D eigenvalue weighted by Crippen LogP contribution is 2.29. The molecule has 0 aliphatic carbocycles. The fraction of sp³-hybridized carbons (Fsp3) is 0.176. The van der Waals surface area contributed by atoms with Gasteiger partial charge in [-0.3, -0.25) is 0 Å². The normalized spacial score (nSPS) is 11.3. The highest BCUT2D eigenvalue weighted by Gasteiger charge is 2.38. The SMILES string of the molecule is COC(=O)c1ccc(COC(=O)c2ccc(-c3noc(C(F)(F)F)n3)cc2)o1. The summed E-state index contributed by atoms with van der Waals surface area (Å²) in [6, 6.07) is 8.21. The molecule has 0 atom stereocenters. The molecule has 28 heavy (non-hydrogen) atoms. The molecule has 0 aliphatic heterocycles. The maximum atomic E-state index is 12.5. The third kappa shape index (κ3) is 4.19. The molecule has 3 rings (SSSR count). The molecule has 2 heterocycles. The van der Waals surface area contributed by atoms with Gasteiger partial charge in [-0.1, -0.05) is 17.3 Å². The second kappa shape index (κ2) is 7.55. The third-order valence-electron chi connectivity index (χ3n) is 3.44. The van der Waals surface area contributed by atoms with Crippen LogP contribution >= 0.6 is 0 Å². The first-order valence-corrected chi connectivity index (χ1v) is 7.63. The van der Waals surface area contributed by atoms with Crippen LogP contribution in [-0.4, -0.2) is 29.2 Å². The minimum atomic E-state index is -4.74. The number of esters is 2. The molecule has 2 aromatic heterocycles. The largest absolute Gasteiger partial charge is 0.471 e. The van der Waals surface area contributed by atoms with Gasteiger partial charge in [-0.25, -0.2) is 9.59 Å². The van der Waals surface area contributed by atoms with Crippen molar-refractivity contribution < 1.29 is 41.2 Å². The first-order chi connectivity index (χ1) is 13.3. The number of nitrogens with zero attached hydrogens (tertiary/aromatic N) is 2. The summed E-state index contributed by atoms with van der Waals surface area (Å²) < 4.78 is 56.3. The quantitative estimate of drug-likeness (QED) is 0.604. The van der Waals surface area contributed by atoms with Gasteiger partial charge in [0.25, 0.3) is 0 Å². The topological polar surface area (TPSA) is 105 Å². The lowest BCUT2D eigenvalue weighted by Crippen LogP contribution is -2.05. The van der Waals surface area contributed by atoms with Crippen LogP contribution in [0.2, 0.25) is 0 Å². The van der Waals surface area contributed by atoms with Crippen molar-refractivity contribution in [2.75, 3.05) is 7.11 Å². The molecule has 0 amide bonds. The monoisotopic (exact) mass is 396 g/mol. The number of halogens is 3. The van der Waals surface area contributed by atoms with Gasteiger partial charge < -0.3 is 18.4 Å². The second-order valence-corrected chi connectivity index (χ2v) is 5.33. The summed E-state index contributed by atoms with van der Waals surface area (Å²) in [5, 5.41) is 3.25. The summed E-state index contributed by atoms with van der Waals surface area (Å²) >= 11 is 0. The number of aromatic nitrogens is 2. The molecule has 0 spiro atoms. The van der Waals surface area contributed by atoms with Crippen LogP contribution in [-0.2, 0) is 22.3 Å². The molecule has 0 N–H and O–H groups in total. The first-order valence-electron chi connectivity index (χ1n) is 7.63. The molecule has 1 aromatic carbocycles. The van der Waals surface area contributed by atoms with Crippen LogP contribution in [0.5, 0.6) is 0 Å².